The highest BCUT2D eigenvalue weighted by molar-refractivity contribution is 7.47. The van der Waals surface area contributed by atoms with Crippen molar-refractivity contribution in [3.8, 4) is 0 Å². The van der Waals surface area contributed by atoms with Gasteiger partial charge < -0.3 is 33.8 Å². The van der Waals surface area contributed by atoms with Gasteiger partial charge in [-0.15, -0.1) is 0 Å². The van der Waals surface area contributed by atoms with Gasteiger partial charge in [0, 0.05) is 25.7 Å². The zero-order chi connectivity index (χ0) is 66.8. The summed E-state index contributed by atoms with van der Waals surface area (Å²) >= 11 is 0. The summed E-state index contributed by atoms with van der Waals surface area (Å²) in [6.45, 7) is 14.0. The molecule has 0 amide bonds. The SMILES string of the molecule is CC(C)CCCCCCCCCCCCCCCCC(=O)O[C@H](COC(=O)CCCCCCCCC(C)C)COP(=O)(O)OC[C@@H](O)COP(=O)(O)OC[C@@H](COC(=O)CCCCCCCCC(C)C)OC(=O)CCCCCCCCCCCCCCC(C)C. The van der Waals surface area contributed by atoms with Gasteiger partial charge in [0.15, 0.2) is 12.2 Å². The second-order valence-corrected chi connectivity index (χ2v) is 30.4. The molecule has 3 N–H and O–H groups in total. The molecule has 534 valence electrons. The van der Waals surface area contributed by atoms with E-state index < -0.39 is 97.5 Å². The zero-order valence-corrected chi connectivity index (χ0v) is 60.6. The van der Waals surface area contributed by atoms with E-state index >= 15 is 0 Å². The van der Waals surface area contributed by atoms with E-state index in [2.05, 4.69) is 55.4 Å². The first-order valence-corrected chi connectivity index (χ1v) is 39.7. The molecule has 0 aromatic heterocycles. The first kappa shape index (κ1) is 88.1. The van der Waals surface area contributed by atoms with Gasteiger partial charge in [-0.25, -0.2) is 9.13 Å². The Balaban J connectivity index is 5.20. The number of rotatable bonds is 68. The number of phosphoric ester groups is 2. The molecule has 0 aromatic rings. The number of aliphatic hydroxyl groups excluding tert-OH is 1. The van der Waals surface area contributed by atoms with Gasteiger partial charge in [-0.05, 0) is 49.4 Å². The number of hydrogen-bond acceptors (Lipinski definition) is 15. The molecule has 0 bridgehead atoms. The monoisotopic (exact) mass is 1320 g/mol. The molecule has 0 aliphatic rings. The fraction of sp³-hybridized carbons (Fsp3) is 0.944. The van der Waals surface area contributed by atoms with E-state index in [-0.39, 0.29) is 25.7 Å². The van der Waals surface area contributed by atoms with Crippen molar-refractivity contribution in [2.24, 2.45) is 23.7 Å². The van der Waals surface area contributed by atoms with Crippen LogP contribution in [0.25, 0.3) is 0 Å². The lowest BCUT2D eigenvalue weighted by atomic mass is 10.0. The van der Waals surface area contributed by atoms with Crippen LogP contribution in [-0.2, 0) is 65.4 Å². The summed E-state index contributed by atoms with van der Waals surface area (Å²) < 4.78 is 68.3. The minimum absolute atomic E-state index is 0.105. The summed E-state index contributed by atoms with van der Waals surface area (Å²) in [6.07, 6.45) is 43.4. The smallest absolute Gasteiger partial charge is 0.462 e. The molecule has 0 rings (SSSR count). The van der Waals surface area contributed by atoms with Gasteiger partial charge in [0.2, 0.25) is 0 Å². The molecule has 0 fully saturated rings. The summed E-state index contributed by atoms with van der Waals surface area (Å²) in [5.74, 6) is 0.799. The maximum atomic E-state index is 13.0. The Morgan fingerprint density at radius 2 is 0.467 bits per heavy atom. The fourth-order valence-corrected chi connectivity index (χ4v) is 12.2. The second kappa shape index (κ2) is 60.7. The Morgan fingerprint density at radius 1 is 0.278 bits per heavy atom. The predicted octanol–water partition coefficient (Wildman–Crippen LogP) is 20.1. The average Bonchev–Trinajstić information content (AvgIpc) is 3.28. The van der Waals surface area contributed by atoms with E-state index in [4.69, 9.17) is 37.0 Å². The lowest BCUT2D eigenvalue weighted by molar-refractivity contribution is -0.161. The van der Waals surface area contributed by atoms with Crippen LogP contribution in [0.3, 0.4) is 0 Å². The first-order chi connectivity index (χ1) is 43.1. The molecule has 0 heterocycles. The molecule has 2 unspecified atom stereocenters. The normalized spacial score (nSPS) is 14.3. The van der Waals surface area contributed by atoms with Crippen LogP contribution >= 0.6 is 15.6 Å². The Bertz CT molecular complexity index is 1780. The molecule has 0 aliphatic heterocycles. The number of phosphoric acid groups is 2. The fourth-order valence-electron chi connectivity index (χ4n) is 10.7. The molecular weight excluding hydrogens is 1190 g/mol. The lowest BCUT2D eigenvalue weighted by Gasteiger charge is -2.21. The second-order valence-electron chi connectivity index (χ2n) is 27.5. The molecule has 0 aliphatic carbocycles. The summed E-state index contributed by atoms with van der Waals surface area (Å²) in [6, 6.07) is 0. The van der Waals surface area contributed by atoms with Crippen molar-refractivity contribution in [1.29, 1.82) is 0 Å². The van der Waals surface area contributed by atoms with Crippen LogP contribution in [0.2, 0.25) is 0 Å². The Hall–Kier alpha value is -1.94. The minimum Gasteiger partial charge on any atom is -0.462 e. The van der Waals surface area contributed by atoms with Gasteiger partial charge in [0.25, 0.3) is 0 Å². The number of ether oxygens (including phenoxy) is 4. The molecular formula is C71H138O17P2. The molecule has 90 heavy (non-hydrogen) atoms. The highest BCUT2D eigenvalue weighted by Gasteiger charge is 2.30. The van der Waals surface area contributed by atoms with Crippen LogP contribution in [0.15, 0.2) is 0 Å². The summed E-state index contributed by atoms with van der Waals surface area (Å²) in [4.78, 5) is 72.5. The van der Waals surface area contributed by atoms with Crippen molar-refractivity contribution >= 4 is 39.5 Å². The number of carbonyl (C=O) groups excluding carboxylic acids is 4. The number of carbonyl (C=O) groups is 4. The van der Waals surface area contributed by atoms with Gasteiger partial charge in [-0.3, -0.25) is 37.3 Å². The van der Waals surface area contributed by atoms with Gasteiger partial charge >= 0.3 is 39.5 Å². The molecule has 0 saturated carbocycles. The number of esters is 4. The van der Waals surface area contributed by atoms with Crippen molar-refractivity contribution < 1.29 is 80.2 Å². The molecule has 17 nitrogen and oxygen atoms in total. The number of unbranched alkanes of at least 4 members (excludes halogenated alkanes) is 34. The largest absolute Gasteiger partial charge is 0.472 e. The maximum Gasteiger partial charge on any atom is 0.472 e. The molecule has 0 saturated heterocycles. The lowest BCUT2D eigenvalue weighted by Crippen LogP contribution is -2.30. The maximum absolute atomic E-state index is 13.0. The average molecular weight is 1330 g/mol. The van der Waals surface area contributed by atoms with Gasteiger partial charge in [0.05, 0.1) is 26.4 Å². The van der Waals surface area contributed by atoms with Crippen molar-refractivity contribution in [2.75, 3.05) is 39.6 Å². The van der Waals surface area contributed by atoms with E-state index in [1.165, 1.54) is 141 Å². The molecule has 19 heteroatoms. The molecule has 0 radical (unpaired) electrons. The summed E-state index contributed by atoms with van der Waals surface area (Å²) in [5.41, 5.74) is 0. The topological polar surface area (TPSA) is 237 Å². The Labute approximate surface area is 549 Å². The summed E-state index contributed by atoms with van der Waals surface area (Å²) in [5, 5.41) is 10.6. The molecule has 0 aromatic carbocycles. The van der Waals surface area contributed by atoms with Crippen molar-refractivity contribution in [3.05, 3.63) is 0 Å². The van der Waals surface area contributed by atoms with Gasteiger partial charge in [-0.1, -0.05) is 299 Å². The third kappa shape index (κ3) is 64.8. The molecule has 5 atom stereocenters. The summed E-state index contributed by atoms with van der Waals surface area (Å²) in [7, 11) is -9.90. The minimum atomic E-state index is -4.95. The Morgan fingerprint density at radius 3 is 0.689 bits per heavy atom. The van der Waals surface area contributed by atoms with E-state index in [1.807, 2.05) is 0 Å². The van der Waals surface area contributed by atoms with E-state index in [9.17, 15) is 43.2 Å². The van der Waals surface area contributed by atoms with Crippen LogP contribution in [0.4, 0.5) is 0 Å². The third-order valence-corrected chi connectivity index (χ3v) is 18.2. The van der Waals surface area contributed by atoms with Crippen LogP contribution in [-0.4, -0.2) is 96.7 Å². The highest BCUT2D eigenvalue weighted by atomic mass is 31.2. The molecule has 0 spiro atoms. The van der Waals surface area contributed by atoms with Crippen LogP contribution in [0.5, 0.6) is 0 Å². The predicted molar refractivity (Wildman–Crippen MR) is 363 cm³/mol. The zero-order valence-electron chi connectivity index (χ0n) is 58.8. The highest BCUT2D eigenvalue weighted by Crippen LogP contribution is 2.45. The number of hydrogen-bond donors (Lipinski definition) is 3. The van der Waals surface area contributed by atoms with Crippen molar-refractivity contribution in [2.45, 2.75) is 369 Å². The van der Waals surface area contributed by atoms with Crippen LogP contribution < -0.4 is 0 Å². The van der Waals surface area contributed by atoms with E-state index in [1.54, 1.807) is 0 Å². The van der Waals surface area contributed by atoms with E-state index in [0.29, 0.717) is 37.5 Å². The van der Waals surface area contributed by atoms with Crippen LogP contribution in [0, 0.1) is 23.7 Å². The van der Waals surface area contributed by atoms with Crippen LogP contribution in [0.1, 0.15) is 351 Å². The van der Waals surface area contributed by atoms with E-state index in [0.717, 1.165) is 115 Å². The number of aliphatic hydroxyl groups is 1. The first-order valence-electron chi connectivity index (χ1n) is 36.7. The Kier molecular flexibility index (Phi) is 59.4. The quantitative estimate of drug-likeness (QED) is 0.0222. The van der Waals surface area contributed by atoms with Crippen molar-refractivity contribution in [1.82, 2.24) is 0 Å². The van der Waals surface area contributed by atoms with Gasteiger partial charge in [0.1, 0.15) is 19.3 Å². The van der Waals surface area contributed by atoms with Gasteiger partial charge in [-0.2, -0.15) is 0 Å². The standard InChI is InChI=1S/C71H138O17P2/c1-61(2)47-39-31-23-19-15-11-9-10-12-17-21-25-37-45-53-70(75)87-66(57-81-68(73)51-43-35-29-27-33-41-49-63(5)6)59-85-89(77,78)83-55-65(72)56-84-90(79,80)86-60-67(58-82-69(74)52-44-36-30-28-34-42-50-64(7)8)88-71(76)54-46-38-26-22-18-14-13-16-20-24-32-40-48-62(3)4/h61-67,72H,9-60H2,1-8H3,(H,77,78)(H,79,80)/t65-,66-,67-/m1/s1. The van der Waals surface area contributed by atoms with Crippen molar-refractivity contribution in [3.63, 3.8) is 0 Å². The third-order valence-electron chi connectivity index (χ3n) is 16.3.